The lowest BCUT2D eigenvalue weighted by molar-refractivity contribution is 0.456. The number of hydrogen-bond donors (Lipinski definition) is 1. The van der Waals surface area contributed by atoms with E-state index in [1.54, 1.807) is 12.1 Å². The zero-order valence-electron chi connectivity index (χ0n) is 8.46. The second-order valence-electron chi connectivity index (χ2n) is 4.67. The van der Waals surface area contributed by atoms with Gasteiger partial charge in [-0.2, -0.15) is 0 Å². The number of hydrogen-bond acceptors (Lipinski definition) is 1. The summed E-state index contributed by atoms with van der Waals surface area (Å²) in [6.07, 6.45) is 3.57. The second-order valence-corrected chi connectivity index (χ2v) is 4.67. The number of rotatable bonds is 3. The van der Waals surface area contributed by atoms with Crippen LogP contribution >= 0.6 is 0 Å². The average molecular weight is 193 g/mol. The van der Waals surface area contributed by atoms with Crippen LogP contribution in [0.2, 0.25) is 0 Å². The van der Waals surface area contributed by atoms with E-state index in [-0.39, 0.29) is 11.9 Å². The van der Waals surface area contributed by atoms with E-state index in [9.17, 15) is 4.39 Å². The first kappa shape index (κ1) is 9.66. The molecule has 1 nitrogen and oxygen atoms in total. The molecule has 1 aliphatic carbocycles. The van der Waals surface area contributed by atoms with Crippen LogP contribution in [0.3, 0.4) is 0 Å². The molecule has 1 saturated carbocycles. The van der Waals surface area contributed by atoms with Crippen LogP contribution in [0.25, 0.3) is 0 Å². The van der Waals surface area contributed by atoms with E-state index in [0.29, 0.717) is 5.41 Å². The zero-order chi connectivity index (χ0) is 10.2. The van der Waals surface area contributed by atoms with Crippen LogP contribution in [0, 0.1) is 11.2 Å². The fourth-order valence-corrected chi connectivity index (χ4v) is 1.78. The predicted octanol–water partition coefficient (Wildman–Crippen LogP) is 3.02. The van der Waals surface area contributed by atoms with Crippen molar-refractivity contribution < 1.29 is 4.39 Å². The largest absolute Gasteiger partial charge is 0.324 e. The van der Waals surface area contributed by atoms with E-state index < -0.39 is 0 Å². The Morgan fingerprint density at radius 3 is 2.43 bits per heavy atom. The highest BCUT2D eigenvalue weighted by Crippen LogP contribution is 2.50. The second kappa shape index (κ2) is 3.35. The lowest BCUT2D eigenvalue weighted by Crippen LogP contribution is -2.14. The van der Waals surface area contributed by atoms with Gasteiger partial charge in [0.05, 0.1) is 0 Å². The molecular formula is C12H16FN. The SMILES string of the molecule is CC1(CC(N)c2ccc(F)cc2)CC1. The third-order valence-corrected chi connectivity index (χ3v) is 3.11. The summed E-state index contributed by atoms with van der Waals surface area (Å²) in [6, 6.07) is 6.58. The van der Waals surface area contributed by atoms with Gasteiger partial charge in [-0.25, -0.2) is 4.39 Å². The third-order valence-electron chi connectivity index (χ3n) is 3.11. The fourth-order valence-electron chi connectivity index (χ4n) is 1.78. The van der Waals surface area contributed by atoms with E-state index in [2.05, 4.69) is 6.92 Å². The Kier molecular flexibility index (Phi) is 2.31. The van der Waals surface area contributed by atoms with Crippen molar-refractivity contribution in [3.63, 3.8) is 0 Å². The minimum atomic E-state index is -0.196. The van der Waals surface area contributed by atoms with Crippen molar-refractivity contribution in [3.8, 4) is 0 Å². The summed E-state index contributed by atoms with van der Waals surface area (Å²) in [7, 11) is 0. The van der Waals surface area contributed by atoms with Gasteiger partial charge in [0.1, 0.15) is 5.82 Å². The Hall–Kier alpha value is -0.890. The molecule has 76 valence electrons. The maximum absolute atomic E-state index is 12.7. The smallest absolute Gasteiger partial charge is 0.123 e. The normalized spacial score (nSPS) is 20.5. The highest BCUT2D eigenvalue weighted by atomic mass is 19.1. The molecule has 1 aromatic rings. The van der Waals surface area contributed by atoms with E-state index in [1.807, 2.05) is 0 Å². The van der Waals surface area contributed by atoms with Crippen molar-refractivity contribution >= 4 is 0 Å². The van der Waals surface area contributed by atoms with Gasteiger partial charge >= 0.3 is 0 Å². The van der Waals surface area contributed by atoms with Crippen molar-refractivity contribution in [1.82, 2.24) is 0 Å². The first-order chi connectivity index (χ1) is 6.59. The van der Waals surface area contributed by atoms with Crippen molar-refractivity contribution in [2.24, 2.45) is 11.1 Å². The van der Waals surface area contributed by atoms with Crippen LogP contribution in [0.15, 0.2) is 24.3 Å². The molecule has 2 rings (SSSR count). The maximum atomic E-state index is 12.7. The van der Waals surface area contributed by atoms with Crippen molar-refractivity contribution in [2.45, 2.75) is 32.2 Å². The molecule has 0 spiro atoms. The monoisotopic (exact) mass is 193 g/mol. The predicted molar refractivity (Wildman–Crippen MR) is 55.3 cm³/mol. The Bertz CT molecular complexity index is 314. The quantitative estimate of drug-likeness (QED) is 0.784. The Morgan fingerprint density at radius 1 is 1.36 bits per heavy atom. The van der Waals surface area contributed by atoms with Crippen LogP contribution in [-0.4, -0.2) is 0 Å². The van der Waals surface area contributed by atoms with Crippen LogP contribution in [0.4, 0.5) is 4.39 Å². The third kappa shape index (κ3) is 2.13. The topological polar surface area (TPSA) is 26.0 Å². The molecule has 1 atom stereocenters. The average Bonchev–Trinajstić information content (AvgIpc) is 2.84. The number of halogens is 1. The Morgan fingerprint density at radius 2 is 1.93 bits per heavy atom. The molecule has 1 aliphatic rings. The number of benzene rings is 1. The van der Waals surface area contributed by atoms with E-state index in [4.69, 9.17) is 5.73 Å². The molecule has 0 radical (unpaired) electrons. The molecule has 0 aliphatic heterocycles. The van der Waals surface area contributed by atoms with Crippen LogP contribution in [0.1, 0.15) is 37.8 Å². The number of nitrogens with two attached hydrogens (primary N) is 1. The lowest BCUT2D eigenvalue weighted by Gasteiger charge is -2.16. The molecule has 1 aromatic carbocycles. The molecule has 1 unspecified atom stereocenters. The summed E-state index contributed by atoms with van der Waals surface area (Å²) in [5.74, 6) is -0.196. The molecular weight excluding hydrogens is 177 g/mol. The molecule has 0 amide bonds. The molecule has 2 N–H and O–H groups in total. The van der Waals surface area contributed by atoms with Gasteiger partial charge in [-0.1, -0.05) is 19.1 Å². The summed E-state index contributed by atoms with van der Waals surface area (Å²) < 4.78 is 12.7. The van der Waals surface area contributed by atoms with Gasteiger partial charge in [-0.3, -0.25) is 0 Å². The maximum Gasteiger partial charge on any atom is 0.123 e. The van der Waals surface area contributed by atoms with Crippen LogP contribution in [0.5, 0.6) is 0 Å². The van der Waals surface area contributed by atoms with Gasteiger partial charge < -0.3 is 5.73 Å². The van der Waals surface area contributed by atoms with Crippen molar-refractivity contribution in [2.75, 3.05) is 0 Å². The molecule has 2 heteroatoms. The standard InChI is InChI=1S/C12H16FN/c1-12(6-7-12)8-11(14)9-2-4-10(13)5-3-9/h2-5,11H,6-8,14H2,1H3. The summed E-state index contributed by atoms with van der Waals surface area (Å²) in [5, 5.41) is 0. The minimum absolute atomic E-state index is 0.0584. The minimum Gasteiger partial charge on any atom is -0.324 e. The van der Waals surface area contributed by atoms with Crippen molar-refractivity contribution in [1.29, 1.82) is 0 Å². The van der Waals surface area contributed by atoms with E-state index >= 15 is 0 Å². The summed E-state index contributed by atoms with van der Waals surface area (Å²) >= 11 is 0. The van der Waals surface area contributed by atoms with Crippen molar-refractivity contribution in [3.05, 3.63) is 35.6 Å². The summed E-state index contributed by atoms with van der Waals surface area (Å²) in [4.78, 5) is 0. The van der Waals surface area contributed by atoms with E-state index in [0.717, 1.165) is 12.0 Å². The first-order valence-electron chi connectivity index (χ1n) is 5.10. The van der Waals surface area contributed by atoms with Crippen LogP contribution in [-0.2, 0) is 0 Å². The van der Waals surface area contributed by atoms with Gasteiger partial charge in [-0.15, -0.1) is 0 Å². The van der Waals surface area contributed by atoms with Gasteiger partial charge in [-0.05, 0) is 42.4 Å². The Balaban J connectivity index is 2.03. The van der Waals surface area contributed by atoms with E-state index in [1.165, 1.54) is 25.0 Å². The first-order valence-corrected chi connectivity index (χ1v) is 5.10. The summed E-state index contributed by atoms with van der Waals surface area (Å²) in [6.45, 7) is 2.26. The molecule has 0 saturated heterocycles. The molecule has 0 bridgehead atoms. The van der Waals surface area contributed by atoms with Gasteiger partial charge in [0.2, 0.25) is 0 Å². The van der Waals surface area contributed by atoms with Gasteiger partial charge in [0.15, 0.2) is 0 Å². The molecule has 0 aromatic heterocycles. The van der Waals surface area contributed by atoms with Crippen LogP contribution < -0.4 is 5.73 Å². The lowest BCUT2D eigenvalue weighted by atomic mass is 9.94. The van der Waals surface area contributed by atoms with Gasteiger partial charge in [0, 0.05) is 6.04 Å². The highest BCUT2D eigenvalue weighted by molar-refractivity contribution is 5.20. The molecule has 0 heterocycles. The Labute approximate surface area is 84.1 Å². The van der Waals surface area contributed by atoms with Gasteiger partial charge in [0.25, 0.3) is 0 Å². The summed E-state index contributed by atoms with van der Waals surface area (Å²) in [5.41, 5.74) is 7.54. The molecule has 1 fully saturated rings. The highest BCUT2D eigenvalue weighted by Gasteiger charge is 2.38. The fraction of sp³-hybridized carbons (Fsp3) is 0.500. The molecule has 14 heavy (non-hydrogen) atoms. The zero-order valence-corrected chi connectivity index (χ0v) is 8.46.